The number of aryl methyl sites for hydroxylation is 1. The summed E-state index contributed by atoms with van der Waals surface area (Å²) in [6, 6.07) is 0. The Balaban J connectivity index is 2.96. The van der Waals surface area contributed by atoms with Crippen molar-refractivity contribution in [3.05, 3.63) is 18.2 Å². The molecule has 1 N–H and O–H groups in total. The van der Waals surface area contributed by atoms with Crippen LogP contribution in [0, 0.1) is 0 Å². The zero-order valence-electron chi connectivity index (χ0n) is 8.11. The maximum absolute atomic E-state index is 10.3. The van der Waals surface area contributed by atoms with Gasteiger partial charge in [-0.25, -0.2) is 4.98 Å². The molecule has 0 amide bonds. The molecule has 0 saturated heterocycles. The number of carboxylic acids is 1. The van der Waals surface area contributed by atoms with Gasteiger partial charge in [-0.2, -0.15) is 0 Å². The van der Waals surface area contributed by atoms with Gasteiger partial charge in [0, 0.05) is 23.5 Å². The first-order chi connectivity index (χ1) is 5.91. The molecular weight excluding hydrogens is 132 g/mol. The third kappa shape index (κ3) is 1.34. The Morgan fingerprint density at radius 2 is 2.90 bits per heavy atom. The summed E-state index contributed by atoms with van der Waals surface area (Å²) in [6.07, 6.45) is 2.13. The van der Waals surface area contributed by atoms with E-state index >= 15 is 0 Å². The van der Waals surface area contributed by atoms with Gasteiger partial charge in [0.1, 0.15) is 12.2 Å². The molecule has 0 bridgehead atoms. The van der Waals surface area contributed by atoms with Gasteiger partial charge >= 0.3 is 5.97 Å². The van der Waals surface area contributed by atoms with Crippen molar-refractivity contribution in [1.82, 2.24) is 9.55 Å². The minimum atomic E-state index is -2.36. The van der Waals surface area contributed by atoms with E-state index in [2.05, 4.69) is 4.98 Å². The largest absolute Gasteiger partial charge is 0.481 e. The molecular formula is C6H8N2O2. The Morgan fingerprint density at radius 3 is 3.50 bits per heavy atom. The van der Waals surface area contributed by atoms with Crippen molar-refractivity contribution in [3.63, 3.8) is 0 Å². The third-order valence-electron chi connectivity index (χ3n) is 1.03. The van der Waals surface area contributed by atoms with Gasteiger partial charge in [0.25, 0.3) is 0 Å². The molecule has 0 aliphatic carbocycles. The first-order valence-electron chi connectivity index (χ1n) is 4.16. The van der Waals surface area contributed by atoms with Crippen molar-refractivity contribution in [2.45, 2.75) is 6.42 Å². The van der Waals surface area contributed by atoms with E-state index in [0.29, 0.717) is 0 Å². The van der Waals surface area contributed by atoms with E-state index in [1.807, 2.05) is 0 Å². The highest BCUT2D eigenvalue weighted by molar-refractivity contribution is 5.69. The summed E-state index contributed by atoms with van der Waals surface area (Å²) in [5.74, 6) is -1.07. The van der Waals surface area contributed by atoms with Gasteiger partial charge in [0.2, 0.25) is 0 Å². The number of aliphatic carboxylic acids is 1. The van der Waals surface area contributed by atoms with Gasteiger partial charge in [-0.05, 0) is 0 Å². The second-order valence-corrected chi connectivity index (χ2v) is 1.78. The predicted molar refractivity (Wildman–Crippen MR) is 34.5 cm³/mol. The Labute approximate surface area is 62.3 Å². The highest BCUT2D eigenvalue weighted by atomic mass is 16.4. The van der Waals surface area contributed by atoms with E-state index in [4.69, 9.17) is 9.22 Å². The average molecular weight is 143 g/mol. The second-order valence-electron chi connectivity index (χ2n) is 1.78. The average Bonchev–Trinajstić information content (AvgIpc) is 2.31. The van der Waals surface area contributed by atoms with E-state index in [1.54, 1.807) is 0 Å². The van der Waals surface area contributed by atoms with Crippen LogP contribution in [0.1, 0.15) is 9.94 Å². The van der Waals surface area contributed by atoms with Crippen LogP contribution in [0.2, 0.25) is 0 Å². The fraction of sp³-hybridized carbons (Fsp3) is 0.333. The first kappa shape index (κ1) is 3.75. The van der Waals surface area contributed by atoms with Crippen molar-refractivity contribution in [2.75, 3.05) is 0 Å². The standard InChI is InChI=1S/C6H8N2O2/c1-8-3-2-7-5(8)4-6(9)10/h2-3H,4H2,1H3,(H,9,10)/i1D3. The van der Waals surface area contributed by atoms with Crippen molar-refractivity contribution < 1.29 is 14.0 Å². The molecule has 1 aromatic rings. The van der Waals surface area contributed by atoms with Gasteiger partial charge in [0.15, 0.2) is 0 Å². The minimum absolute atomic E-state index is 0.0347. The molecule has 4 nitrogen and oxygen atoms in total. The first-order valence-corrected chi connectivity index (χ1v) is 2.66. The van der Waals surface area contributed by atoms with Gasteiger partial charge in [0.05, 0.1) is 0 Å². The lowest BCUT2D eigenvalue weighted by Gasteiger charge is -1.94. The van der Waals surface area contributed by atoms with Crippen molar-refractivity contribution in [3.8, 4) is 0 Å². The van der Waals surface area contributed by atoms with Gasteiger partial charge in [-0.15, -0.1) is 0 Å². The van der Waals surface area contributed by atoms with E-state index in [9.17, 15) is 4.79 Å². The quantitative estimate of drug-likeness (QED) is 0.636. The van der Waals surface area contributed by atoms with Crippen molar-refractivity contribution >= 4 is 5.97 Å². The number of carbonyl (C=O) groups is 1. The highest BCUT2D eigenvalue weighted by Crippen LogP contribution is 1.94. The lowest BCUT2D eigenvalue weighted by atomic mass is 10.4. The molecule has 0 unspecified atom stereocenters. The number of carboxylic acid groups (broad SMARTS) is 1. The van der Waals surface area contributed by atoms with Crippen LogP contribution in [0.5, 0.6) is 0 Å². The Kier molecular flexibility index (Phi) is 0.943. The number of imidazole rings is 1. The molecule has 4 heteroatoms. The number of hydrogen-bond acceptors (Lipinski definition) is 2. The lowest BCUT2D eigenvalue weighted by Crippen LogP contribution is -2.05. The fourth-order valence-corrected chi connectivity index (χ4v) is 0.600. The van der Waals surface area contributed by atoms with Crippen LogP contribution < -0.4 is 0 Å². The minimum Gasteiger partial charge on any atom is -0.481 e. The summed E-state index contributed by atoms with van der Waals surface area (Å²) in [6.45, 7) is -2.36. The van der Waals surface area contributed by atoms with Crippen LogP contribution in [0.3, 0.4) is 0 Å². The molecule has 1 aromatic heterocycles. The number of rotatable bonds is 2. The fourth-order valence-electron chi connectivity index (χ4n) is 0.600. The molecule has 0 atom stereocenters. The van der Waals surface area contributed by atoms with E-state index < -0.39 is 12.9 Å². The molecule has 0 aliphatic rings. The summed E-state index contributed by atoms with van der Waals surface area (Å²) in [5.41, 5.74) is 0. The normalized spacial score (nSPS) is 15.4. The van der Waals surface area contributed by atoms with Crippen LogP contribution in [0.4, 0.5) is 0 Å². The maximum atomic E-state index is 10.3. The van der Waals surface area contributed by atoms with Crippen LogP contribution in [-0.4, -0.2) is 20.6 Å². The summed E-state index contributed by atoms with van der Waals surface area (Å²) in [5, 5.41) is 8.44. The third-order valence-corrected chi connectivity index (χ3v) is 1.03. The lowest BCUT2D eigenvalue weighted by molar-refractivity contribution is -0.136. The molecule has 0 spiro atoms. The smallest absolute Gasteiger partial charge is 0.311 e. The Morgan fingerprint density at radius 1 is 2.10 bits per heavy atom. The SMILES string of the molecule is [2H]C([2H])([2H])n1ccnc1CC(=O)O. The second kappa shape index (κ2) is 2.51. The Bertz CT molecular complexity index is 318. The summed E-state index contributed by atoms with van der Waals surface area (Å²) in [7, 11) is 0. The Hall–Kier alpha value is -1.32. The van der Waals surface area contributed by atoms with Crippen LogP contribution in [0.25, 0.3) is 0 Å². The highest BCUT2D eigenvalue weighted by Gasteiger charge is 2.03. The van der Waals surface area contributed by atoms with Gasteiger partial charge in [-0.3, -0.25) is 4.79 Å². The van der Waals surface area contributed by atoms with E-state index in [1.165, 1.54) is 12.4 Å². The summed E-state index contributed by atoms with van der Waals surface area (Å²) < 4.78 is 22.0. The van der Waals surface area contributed by atoms with Crippen molar-refractivity contribution in [2.24, 2.45) is 6.98 Å². The molecule has 0 aliphatic heterocycles. The number of nitrogens with zero attached hydrogens (tertiary/aromatic N) is 2. The molecule has 1 heterocycles. The number of hydrogen-bond donors (Lipinski definition) is 1. The van der Waals surface area contributed by atoms with Crippen LogP contribution in [-0.2, 0) is 18.2 Å². The van der Waals surface area contributed by atoms with Crippen LogP contribution in [0.15, 0.2) is 12.4 Å². The molecule has 0 saturated carbocycles. The monoisotopic (exact) mass is 143 g/mol. The molecule has 54 valence electrons. The van der Waals surface area contributed by atoms with E-state index in [-0.39, 0.29) is 12.2 Å². The molecule has 0 radical (unpaired) electrons. The maximum Gasteiger partial charge on any atom is 0.311 e. The zero-order valence-corrected chi connectivity index (χ0v) is 5.11. The van der Waals surface area contributed by atoms with Crippen molar-refractivity contribution in [1.29, 1.82) is 0 Å². The summed E-state index contributed by atoms with van der Waals surface area (Å²) >= 11 is 0. The van der Waals surface area contributed by atoms with Gasteiger partial charge < -0.3 is 9.67 Å². The zero-order chi connectivity index (χ0) is 10.1. The molecule has 0 fully saturated rings. The van der Waals surface area contributed by atoms with E-state index in [0.717, 1.165) is 4.57 Å². The summed E-state index contributed by atoms with van der Waals surface area (Å²) in [4.78, 5) is 14.0. The number of aromatic nitrogens is 2. The molecule has 1 rings (SSSR count). The topological polar surface area (TPSA) is 55.1 Å². The van der Waals surface area contributed by atoms with Gasteiger partial charge in [-0.1, -0.05) is 0 Å². The predicted octanol–water partition coefficient (Wildman–Crippen LogP) is 0.0472. The van der Waals surface area contributed by atoms with Crippen LogP contribution >= 0.6 is 0 Å². The molecule has 10 heavy (non-hydrogen) atoms. The molecule has 0 aromatic carbocycles.